The maximum atomic E-state index is 8.59. The quantitative estimate of drug-likeness (QED) is 0.378. The molecule has 0 fully saturated rings. The summed E-state index contributed by atoms with van der Waals surface area (Å²) >= 11 is 2.88. The molecule has 88 valence electrons. The summed E-state index contributed by atoms with van der Waals surface area (Å²) in [7, 11) is 0. The third-order valence-electron chi connectivity index (χ3n) is 1.84. The average Bonchev–Trinajstić information content (AvgIpc) is 2.74. The molecule has 0 amide bonds. The first-order valence-electron chi connectivity index (χ1n) is 4.61. The van der Waals surface area contributed by atoms with Crippen LogP contribution in [0.1, 0.15) is 10.6 Å². The van der Waals surface area contributed by atoms with Gasteiger partial charge in [-0.3, -0.25) is 0 Å². The first kappa shape index (κ1) is 11.8. The smallest absolute Gasteiger partial charge is 0.180 e. The molecule has 0 aliphatic rings. The molecule has 0 radical (unpaired) electrons. The Kier molecular flexibility index (Phi) is 3.55. The van der Waals surface area contributed by atoms with Crippen molar-refractivity contribution in [2.75, 3.05) is 0 Å². The predicted octanol–water partition coefficient (Wildman–Crippen LogP) is 1.49. The molecular weight excluding hydrogens is 258 g/mol. The lowest BCUT2D eigenvalue weighted by atomic mass is 10.2. The van der Waals surface area contributed by atoms with Crippen LogP contribution in [0.3, 0.4) is 0 Å². The minimum Gasteiger partial charge on any atom is -0.409 e. The van der Waals surface area contributed by atoms with Crippen molar-refractivity contribution in [3.05, 3.63) is 28.9 Å². The van der Waals surface area contributed by atoms with Gasteiger partial charge in [0.25, 0.3) is 0 Å². The van der Waals surface area contributed by atoms with Crippen molar-refractivity contribution >= 4 is 28.9 Å². The second-order valence-corrected chi connectivity index (χ2v) is 5.51. The molecule has 17 heavy (non-hydrogen) atoms. The summed E-state index contributed by atoms with van der Waals surface area (Å²) in [6.45, 7) is 1.89. The van der Waals surface area contributed by atoms with Gasteiger partial charge < -0.3 is 10.9 Å². The van der Waals surface area contributed by atoms with Crippen LogP contribution in [-0.4, -0.2) is 26.2 Å². The zero-order valence-electron chi connectivity index (χ0n) is 8.86. The lowest BCUT2D eigenvalue weighted by molar-refractivity contribution is 0.318. The Morgan fingerprint density at radius 1 is 1.53 bits per heavy atom. The standard InChI is InChI=1S/C9H9N5OS2/c1-5-12-13-9(16-5)17-7-4-6(2-3-11-7)8(10)14-15/h2-4,15H,1H3,(H2,10,14). The van der Waals surface area contributed by atoms with Crippen molar-refractivity contribution in [2.24, 2.45) is 10.9 Å². The number of nitrogens with zero attached hydrogens (tertiary/aromatic N) is 4. The number of aryl methyl sites for hydroxylation is 1. The molecule has 6 nitrogen and oxygen atoms in total. The molecule has 0 spiro atoms. The summed E-state index contributed by atoms with van der Waals surface area (Å²) in [6, 6.07) is 3.40. The van der Waals surface area contributed by atoms with Crippen LogP contribution in [0.4, 0.5) is 0 Å². The van der Waals surface area contributed by atoms with Crippen LogP contribution in [0.5, 0.6) is 0 Å². The molecule has 0 aromatic carbocycles. The van der Waals surface area contributed by atoms with Gasteiger partial charge in [-0.1, -0.05) is 16.5 Å². The van der Waals surface area contributed by atoms with Crippen molar-refractivity contribution in [3.63, 3.8) is 0 Å². The normalized spacial score (nSPS) is 11.7. The molecule has 0 aliphatic heterocycles. The van der Waals surface area contributed by atoms with Gasteiger partial charge in [0.1, 0.15) is 10.0 Å². The Morgan fingerprint density at radius 2 is 2.35 bits per heavy atom. The molecule has 2 aromatic rings. The molecule has 0 saturated carbocycles. The molecule has 0 aliphatic carbocycles. The molecule has 3 N–H and O–H groups in total. The zero-order chi connectivity index (χ0) is 12.3. The molecule has 2 heterocycles. The Hall–Kier alpha value is -1.67. The minimum atomic E-state index is 0.0581. The predicted molar refractivity (Wildman–Crippen MR) is 65.5 cm³/mol. The van der Waals surface area contributed by atoms with E-state index in [2.05, 4.69) is 20.3 Å². The van der Waals surface area contributed by atoms with E-state index in [0.717, 1.165) is 14.4 Å². The first-order chi connectivity index (χ1) is 8.19. The van der Waals surface area contributed by atoms with E-state index in [1.165, 1.54) is 23.1 Å². The topological polar surface area (TPSA) is 97.3 Å². The van der Waals surface area contributed by atoms with Crippen LogP contribution in [0.25, 0.3) is 0 Å². The SMILES string of the molecule is Cc1nnc(Sc2cc(/C(N)=N/O)ccn2)s1. The van der Waals surface area contributed by atoms with E-state index in [-0.39, 0.29) is 5.84 Å². The van der Waals surface area contributed by atoms with Crippen molar-refractivity contribution in [1.29, 1.82) is 0 Å². The Balaban J connectivity index is 2.22. The monoisotopic (exact) mass is 267 g/mol. The van der Waals surface area contributed by atoms with E-state index in [4.69, 9.17) is 10.9 Å². The molecule has 0 saturated heterocycles. The third-order valence-corrected chi connectivity index (χ3v) is 3.66. The van der Waals surface area contributed by atoms with E-state index < -0.39 is 0 Å². The van der Waals surface area contributed by atoms with Crippen LogP contribution in [0.2, 0.25) is 0 Å². The number of oxime groups is 1. The van der Waals surface area contributed by atoms with Crippen molar-refractivity contribution in [3.8, 4) is 0 Å². The number of hydrogen-bond acceptors (Lipinski definition) is 7. The summed E-state index contributed by atoms with van der Waals surface area (Å²) in [4.78, 5) is 4.17. The highest BCUT2D eigenvalue weighted by atomic mass is 32.2. The summed E-state index contributed by atoms with van der Waals surface area (Å²) in [5, 5.41) is 21.1. The third kappa shape index (κ3) is 2.92. The van der Waals surface area contributed by atoms with Crippen LogP contribution < -0.4 is 5.73 Å². The maximum absolute atomic E-state index is 8.59. The van der Waals surface area contributed by atoms with Crippen LogP contribution in [0, 0.1) is 6.92 Å². The van der Waals surface area contributed by atoms with Gasteiger partial charge in [0.05, 0.1) is 0 Å². The van der Waals surface area contributed by atoms with Crippen molar-refractivity contribution in [1.82, 2.24) is 15.2 Å². The maximum Gasteiger partial charge on any atom is 0.180 e. The van der Waals surface area contributed by atoms with E-state index in [1.807, 2.05) is 6.92 Å². The highest BCUT2D eigenvalue weighted by Gasteiger charge is 2.06. The Bertz CT molecular complexity index is 554. The molecule has 2 rings (SSSR count). The first-order valence-corrected chi connectivity index (χ1v) is 6.24. The van der Waals surface area contributed by atoms with Gasteiger partial charge in [-0.2, -0.15) is 0 Å². The Labute approximate surface area is 106 Å². The number of hydrogen-bond donors (Lipinski definition) is 2. The molecule has 0 unspecified atom stereocenters. The average molecular weight is 267 g/mol. The number of rotatable bonds is 3. The minimum absolute atomic E-state index is 0.0581. The molecule has 2 aromatic heterocycles. The number of pyridine rings is 1. The van der Waals surface area contributed by atoms with Crippen molar-refractivity contribution < 1.29 is 5.21 Å². The number of aromatic nitrogens is 3. The second kappa shape index (κ2) is 5.11. The van der Waals surface area contributed by atoms with Crippen LogP contribution >= 0.6 is 23.1 Å². The highest BCUT2D eigenvalue weighted by molar-refractivity contribution is 8.01. The van der Waals surface area contributed by atoms with Gasteiger partial charge in [0, 0.05) is 11.8 Å². The van der Waals surface area contributed by atoms with Gasteiger partial charge in [-0.15, -0.1) is 10.2 Å². The van der Waals surface area contributed by atoms with E-state index in [1.54, 1.807) is 18.3 Å². The van der Waals surface area contributed by atoms with Gasteiger partial charge >= 0.3 is 0 Å². The molecular formula is C9H9N5OS2. The highest BCUT2D eigenvalue weighted by Crippen LogP contribution is 2.28. The van der Waals surface area contributed by atoms with E-state index >= 15 is 0 Å². The van der Waals surface area contributed by atoms with Crippen LogP contribution in [-0.2, 0) is 0 Å². The lowest BCUT2D eigenvalue weighted by Gasteiger charge is -2.00. The summed E-state index contributed by atoms with van der Waals surface area (Å²) in [5.74, 6) is 0.0581. The van der Waals surface area contributed by atoms with Crippen molar-refractivity contribution in [2.45, 2.75) is 16.3 Å². The molecule has 0 atom stereocenters. The van der Waals surface area contributed by atoms with Crippen LogP contribution in [0.15, 0.2) is 32.9 Å². The summed E-state index contributed by atoms with van der Waals surface area (Å²) in [5.41, 5.74) is 6.12. The zero-order valence-corrected chi connectivity index (χ0v) is 10.5. The fourth-order valence-corrected chi connectivity index (χ4v) is 2.85. The number of nitrogens with two attached hydrogens (primary N) is 1. The van der Waals surface area contributed by atoms with Gasteiger partial charge in [0.15, 0.2) is 10.2 Å². The fourth-order valence-electron chi connectivity index (χ4n) is 1.09. The van der Waals surface area contributed by atoms with E-state index in [9.17, 15) is 0 Å². The second-order valence-electron chi connectivity index (χ2n) is 3.06. The summed E-state index contributed by atoms with van der Waals surface area (Å²) < 4.78 is 0.812. The van der Waals surface area contributed by atoms with Gasteiger partial charge in [0.2, 0.25) is 0 Å². The Morgan fingerprint density at radius 3 is 3.00 bits per heavy atom. The molecule has 8 heteroatoms. The molecule has 0 bridgehead atoms. The van der Waals surface area contributed by atoms with Gasteiger partial charge in [-0.25, -0.2) is 4.98 Å². The summed E-state index contributed by atoms with van der Waals surface area (Å²) in [6.07, 6.45) is 1.60. The van der Waals surface area contributed by atoms with E-state index in [0.29, 0.717) is 5.56 Å². The number of amidine groups is 1. The lowest BCUT2D eigenvalue weighted by Crippen LogP contribution is -2.13. The fraction of sp³-hybridized carbons (Fsp3) is 0.111. The largest absolute Gasteiger partial charge is 0.409 e. The van der Waals surface area contributed by atoms with Gasteiger partial charge in [-0.05, 0) is 30.8 Å².